The van der Waals surface area contributed by atoms with Crippen LogP contribution < -0.4 is 5.32 Å². The molecule has 4 nitrogen and oxygen atoms in total. The summed E-state index contributed by atoms with van der Waals surface area (Å²) in [7, 11) is 0. The number of nitrogens with one attached hydrogen (secondary N) is 1. The maximum Gasteiger partial charge on any atom is 0.417 e. The molecule has 2 unspecified atom stereocenters. The first-order valence-corrected chi connectivity index (χ1v) is 7.17. The number of carbonyl (C=O) groups is 1. The van der Waals surface area contributed by atoms with E-state index in [9.17, 15) is 23.1 Å². The Morgan fingerprint density at radius 1 is 1.45 bits per heavy atom. The third-order valence-corrected chi connectivity index (χ3v) is 4.06. The van der Waals surface area contributed by atoms with Crippen LogP contribution in [-0.4, -0.2) is 35.2 Å². The molecule has 0 aromatic heterocycles. The number of aliphatic hydroxyl groups excluding tert-OH is 1. The van der Waals surface area contributed by atoms with Crippen molar-refractivity contribution >= 4 is 23.3 Å². The molecule has 0 saturated carbocycles. The lowest BCUT2D eigenvalue weighted by Crippen LogP contribution is -2.47. The number of aliphatic hydroxyl groups is 1. The number of urea groups is 1. The number of amides is 2. The van der Waals surface area contributed by atoms with Gasteiger partial charge in [0.1, 0.15) is 0 Å². The summed E-state index contributed by atoms with van der Waals surface area (Å²) in [6.07, 6.45) is -4.58. The van der Waals surface area contributed by atoms with Crippen LogP contribution in [-0.2, 0) is 6.18 Å². The molecular weight excluding hydrogens is 321 g/mol. The topological polar surface area (TPSA) is 52.6 Å². The monoisotopic (exact) mass is 336 g/mol. The van der Waals surface area contributed by atoms with Gasteiger partial charge < -0.3 is 15.3 Å². The maximum atomic E-state index is 12.8. The van der Waals surface area contributed by atoms with Gasteiger partial charge in [0.15, 0.2) is 0 Å². The first-order chi connectivity index (χ1) is 10.2. The second-order valence-electron chi connectivity index (χ2n) is 5.40. The predicted octanol–water partition coefficient (Wildman–Crippen LogP) is 3.59. The Hall–Kier alpha value is -1.47. The van der Waals surface area contributed by atoms with Crippen molar-refractivity contribution in [3.05, 3.63) is 28.8 Å². The Bertz CT molecular complexity index is 566. The number of likely N-dealkylation sites (tertiary alicyclic amines) is 1. The fraction of sp³-hybridized carbons (Fsp3) is 0.500. The van der Waals surface area contributed by atoms with Gasteiger partial charge in [-0.15, -0.1) is 0 Å². The average molecular weight is 337 g/mol. The number of carbonyl (C=O) groups excluding carboxylic acids is 1. The summed E-state index contributed by atoms with van der Waals surface area (Å²) in [6, 6.07) is 2.65. The second kappa shape index (κ2) is 6.34. The molecule has 8 heteroatoms. The van der Waals surface area contributed by atoms with Crippen molar-refractivity contribution in [1.29, 1.82) is 0 Å². The Kier molecular flexibility index (Phi) is 4.87. The van der Waals surface area contributed by atoms with E-state index in [0.717, 1.165) is 12.1 Å². The van der Waals surface area contributed by atoms with Crippen LogP contribution in [0.25, 0.3) is 0 Å². The van der Waals surface area contributed by atoms with Gasteiger partial charge in [0.2, 0.25) is 0 Å². The molecule has 2 amide bonds. The molecule has 0 spiro atoms. The average Bonchev–Trinajstić information content (AvgIpc) is 2.42. The van der Waals surface area contributed by atoms with E-state index in [1.165, 1.54) is 11.0 Å². The summed E-state index contributed by atoms with van der Waals surface area (Å²) in [5, 5.41) is 11.7. The summed E-state index contributed by atoms with van der Waals surface area (Å²) in [4.78, 5) is 13.4. The van der Waals surface area contributed by atoms with E-state index in [2.05, 4.69) is 5.32 Å². The molecule has 2 N–H and O–H groups in total. The highest BCUT2D eigenvalue weighted by Gasteiger charge is 2.34. The lowest BCUT2D eigenvalue weighted by molar-refractivity contribution is -0.137. The number of piperidine rings is 1. The molecular formula is C14H16ClF3N2O2. The van der Waals surface area contributed by atoms with E-state index >= 15 is 0 Å². The zero-order chi connectivity index (χ0) is 16.5. The van der Waals surface area contributed by atoms with Gasteiger partial charge in [0, 0.05) is 18.8 Å². The van der Waals surface area contributed by atoms with Gasteiger partial charge in [0.05, 0.1) is 16.7 Å². The highest BCUT2D eigenvalue weighted by atomic mass is 35.5. The molecule has 1 aliphatic heterocycles. The minimum Gasteiger partial charge on any atom is -0.391 e. The summed E-state index contributed by atoms with van der Waals surface area (Å²) < 4.78 is 38.3. The number of halogens is 4. The van der Waals surface area contributed by atoms with Gasteiger partial charge >= 0.3 is 12.2 Å². The number of nitrogens with zero attached hydrogens (tertiary/aromatic N) is 1. The van der Waals surface area contributed by atoms with Crippen LogP contribution in [0.15, 0.2) is 18.2 Å². The largest absolute Gasteiger partial charge is 0.417 e. The molecule has 0 aliphatic carbocycles. The van der Waals surface area contributed by atoms with Crippen LogP contribution in [0, 0.1) is 5.92 Å². The number of anilines is 1. The SMILES string of the molecule is CC1CCN(C(=O)Nc2ccc(Cl)c(C(F)(F)F)c2)CC1O. The molecule has 22 heavy (non-hydrogen) atoms. The first kappa shape index (κ1) is 16.9. The van der Waals surface area contributed by atoms with E-state index in [1.807, 2.05) is 6.92 Å². The van der Waals surface area contributed by atoms with E-state index < -0.39 is 28.9 Å². The Morgan fingerprint density at radius 2 is 2.14 bits per heavy atom. The van der Waals surface area contributed by atoms with Gasteiger partial charge in [-0.05, 0) is 30.5 Å². The first-order valence-electron chi connectivity index (χ1n) is 6.79. The Morgan fingerprint density at radius 3 is 2.73 bits per heavy atom. The van der Waals surface area contributed by atoms with Crippen molar-refractivity contribution < 1.29 is 23.1 Å². The van der Waals surface area contributed by atoms with Crippen molar-refractivity contribution in [2.24, 2.45) is 5.92 Å². The lowest BCUT2D eigenvalue weighted by atomic mass is 9.96. The molecule has 1 aliphatic rings. The predicted molar refractivity (Wildman–Crippen MR) is 76.8 cm³/mol. The molecule has 1 saturated heterocycles. The Labute approximate surface area is 130 Å². The molecule has 1 fully saturated rings. The summed E-state index contributed by atoms with van der Waals surface area (Å²) >= 11 is 5.53. The minimum atomic E-state index is -4.59. The molecule has 2 rings (SSSR count). The summed E-state index contributed by atoms with van der Waals surface area (Å²) in [6.45, 7) is 2.49. The van der Waals surface area contributed by atoms with Crippen LogP contribution >= 0.6 is 11.6 Å². The highest BCUT2D eigenvalue weighted by Crippen LogP contribution is 2.36. The van der Waals surface area contributed by atoms with Gasteiger partial charge in [-0.1, -0.05) is 18.5 Å². The van der Waals surface area contributed by atoms with Crippen LogP contribution in [0.4, 0.5) is 23.7 Å². The van der Waals surface area contributed by atoms with Crippen LogP contribution in [0.3, 0.4) is 0 Å². The minimum absolute atomic E-state index is 0.00911. The van der Waals surface area contributed by atoms with E-state index in [4.69, 9.17) is 11.6 Å². The van der Waals surface area contributed by atoms with Crippen molar-refractivity contribution in [3.8, 4) is 0 Å². The summed E-state index contributed by atoms with van der Waals surface area (Å²) in [5.74, 6) is 0.0939. The van der Waals surface area contributed by atoms with Crippen LogP contribution in [0.2, 0.25) is 5.02 Å². The van der Waals surface area contributed by atoms with Gasteiger partial charge in [0.25, 0.3) is 0 Å². The Balaban J connectivity index is 2.09. The lowest BCUT2D eigenvalue weighted by Gasteiger charge is -2.34. The van der Waals surface area contributed by atoms with Crippen molar-refractivity contribution in [2.75, 3.05) is 18.4 Å². The van der Waals surface area contributed by atoms with Crippen LogP contribution in [0.1, 0.15) is 18.9 Å². The highest BCUT2D eigenvalue weighted by molar-refractivity contribution is 6.31. The van der Waals surface area contributed by atoms with Crippen molar-refractivity contribution in [3.63, 3.8) is 0 Å². The van der Waals surface area contributed by atoms with Gasteiger partial charge in [-0.25, -0.2) is 4.79 Å². The summed E-state index contributed by atoms with van der Waals surface area (Å²) in [5.41, 5.74) is -0.992. The molecule has 2 atom stereocenters. The fourth-order valence-electron chi connectivity index (χ4n) is 2.26. The van der Waals surface area contributed by atoms with E-state index in [0.29, 0.717) is 13.0 Å². The number of benzene rings is 1. The van der Waals surface area contributed by atoms with Gasteiger partial charge in [-0.3, -0.25) is 0 Å². The second-order valence-corrected chi connectivity index (χ2v) is 5.81. The van der Waals surface area contributed by atoms with Crippen LogP contribution in [0.5, 0.6) is 0 Å². The standard InChI is InChI=1S/C14H16ClF3N2O2/c1-8-4-5-20(7-12(8)21)13(22)19-9-2-3-11(15)10(6-9)14(16,17)18/h2-3,6,8,12,21H,4-5,7H2,1H3,(H,19,22). The smallest absolute Gasteiger partial charge is 0.391 e. The maximum absolute atomic E-state index is 12.8. The molecule has 1 heterocycles. The fourth-order valence-corrected chi connectivity index (χ4v) is 2.48. The zero-order valence-corrected chi connectivity index (χ0v) is 12.6. The molecule has 0 radical (unpaired) electrons. The normalized spacial score (nSPS) is 22.5. The number of rotatable bonds is 1. The molecule has 1 aromatic rings. The van der Waals surface area contributed by atoms with Crippen molar-refractivity contribution in [1.82, 2.24) is 4.90 Å². The molecule has 1 aromatic carbocycles. The number of hydrogen-bond donors (Lipinski definition) is 2. The third kappa shape index (κ3) is 3.84. The number of alkyl halides is 3. The number of hydrogen-bond acceptors (Lipinski definition) is 2. The quantitative estimate of drug-likeness (QED) is 0.823. The van der Waals surface area contributed by atoms with E-state index in [1.54, 1.807) is 0 Å². The third-order valence-electron chi connectivity index (χ3n) is 3.73. The molecule has 122 valence electrons. The van der Waals surface area contributed by atoms with Crippen molar-refractivity contribution in [2.45, 2.75) is 25.6 Å². The molecule has 0 bridgehead atoms. The van der Waals surface area contributed by atoms with Gasteiger partial charge in [-0.2, -0.15) is 13.2 Å². The zero-order valence-electron chi connectivity index (χ0n) is 11.8. The number of β-amino-alcohol motifs (C(OH)–C–C–N with tert-alkyl or cyclic N) is 1. The van der Waals surface area contributed by atoms with E-state index in [-0.39, 0.29) is 18.2 Å².